The molecule has 3 rings (SSSR count). The van der Waals surface area contributed by atoms with Crippen LogP contribution in [-0.4, -0.2) is 16.1 Å². The third-order valence-electron chi connectivity index (χ3n) is 3.67. The van der Waals surface area contributed by atoms with Crippen molar-refractivity contribution in [3.8, 4) is 22.6 Å². The largest absolute Gasteiger partial charge is 0.330 e. The Morgan fingerprint density at radius 2 is 1.48 bits per heavy atom. The van der Waals surface area contributed by atoms with Crippen molar-refractivity contribution in [3.05, 3.63) is 66.4 Å². The van der Waals surface area contributed by atoms with Crippen molar-refractivity contribution < 1.29 is 0 Å². The molecule has 0 amide bonds. The predicted octanol–water partition coefficient (Wildman–Crippen LogP) is 3.26. The molecule has 3 nitrogen and oxygen atoms in total. The van der Waals surface area contributed by atoms with E-state index in [9.17, 15) is 0 Å². The summed E-state index contributed by atoms with van der Waals surface area (Å²) < 4.78 is 2.16. The maximum atomic E-state index is 5.78. The lowest BCUT2D eigenvalue weighted by Gasteiger charge is -2.06. The van der Waals surface area contributed by atoms with E-state index in [0.717, 1.165) is 29.1 Å². The topological polar surface area (TPSA) is 43.8 Å². The molecule has 0 saturated carbocycles. The van der Waals surface area contributed by atoms with E-state index in [2.05, 4.69) is 35.9 Å². The van der Waals surface area contributed by atoms with Gasteiger partial charge in [0.15, 0.2) is 0 Å². The molecule has 0 aliphatic carbocycles. The van der Waals surface area contributed by atoms with Crippen LogP contribution in [0.3, 0.4) is 0 Å². The zero-order chi connectivity index (χ0) is 14.7. The highest BCUT2D eigenvalue weighted by Crippen LogP contribution is 2.28. The van der Waals surface area contributed by atoms with Crippen molar-refractivity contribution in [1.29, 1.82) is 0 Å². The third kappa shape index (κ3) is 2.60. The minimum absolute atomic E-state index is 0.619. The van der Waals surface area contributed by atoms with Gasteiger partial charge in [-0.1, -0.05) is 60.7 Å². The Kier molecular flexibility index (Phi) is 3.84. The molecule has 106 valence electrons. The predicted molar refractivity (Wildman–Crippen MR) is 86.8 cm³/mol. The highest BCUT2D eigenvalue weighted by Gasteiger charge is 2.16. The van der Waals surface area contributed by atoms with Crippen molar-refractivity contribution in [3.63, 3.8) is 0 Å². The van der Waals surface area contributed by atoms with Gasteiger partial charge in [0.25, 0.3) is 0 Å². The summed E-state index contributed by atoms with van der Waals surface area (Å²) in [5.41, 5.74) is 10.3. The maximum absolute atomic E-state index is 5.78. The van der Waals surface area contributed by atoms with Crippen LogP contribution in [0.1, 0.15) is 5.69 Å². The van der Waals surface area contributed by atoms with Gasteiger partial charge in [0.1, 0.15) is 5.82 Å². The van der Waals surface area contributed by atoms with E-state index in [1.54, 1.807) is 0 Å². The zero-order valence-electron chi connectivity index (χ0n) is 12.2. The van der Waals surface area contributed by atoms with Crippen LogP contribution in [0.15, 0.2) is 60.7 Å². The average Bonchev–Trinajstić information content (AvgIpc) is 2.87. The summed E-state index contributed by atoms with van der Waals surface area (Å²) >= 11 is 0. The van der Waals surface area contributed by atoms with Crippen molar-refractivity contribution in [2.24, 2.45) is 12.8 Å². The first-order valence-corrected chi connectivity index (χ1v) is 7.17. The summed E-state index contributed by atoms with van der Waals surface area (Å²) in [6.07, 6.45) is 0.820. The summed E-state index contributed by atoms with van der Waals surface area (Å²) in [6, 6.07) is 20.6. The highest BCUT2D eigenvalue weighted by atomic mass is 15.1. The molecule has 0 atom stereocenters. The SMILES string of the molecule is Cn1c(-c2ccccc2)nc(-c2ccccc2)c1CCN. The van der Waals surface area contributed by atoms with Gasteiger partial charge in [-0.2, -0.15) is 0 Å². The molecule has 3 aromatic rings. The fourth-order valence-corrected chi connectivity index (χ4v) is 2.63. The van der Waals surface area contributed by atoms with Gasteiger partial charge in [0.2, 0.25) is 0 Å². The quantitative estimate of drug-likeness (QED) is 0.795. The standard InChI is InChI=1S/C18H19N3/c1-21-16(12-13-19)17(14-8-4-2-5-9-14)20-18(21)15-10-6-3-7-11-15/h2-11H,12-13,19H2,1H3. The molecule has 1 heterocycles. The number of hydrogen-bond donors (Lipinski definition) is 1. The van der Waals surface area contributed by atoms with Crippen molar-refractivity contribution >= 4 is 0 Å². The molecular weight excluding hydrogens is 258 g/mol. The minimum atomic E-state index is 0.619. The van der Waals surface area contributed by atoms with Gasteiger partial charge >= 0.3 is 0 Å². The smallest absolute Gasteiger partial charge is 0.140 e. The zero-order valence-corrected chi connectivity index (χ0v) is 12.2. The Morgan fingerprint density at radius 3 is 2.05 bits per heavy atom. The molecule has 0 bridgehead atoms. The fourth-order valence-electron chi connectivity index (χ4n) is 2.63. The van der Waals surface area contributed by atoms with Crippen LogP contribution in [0, 0.1) is 0 Å². The maximum Gasteiger partial charge on any atom is 0.140 e. The van der Waals surface area contributed by atoms with E-state index in [4.69, 9.17) is 10.7 Å². The molecule has 21 heavy (non-hydrogen) atoms. The summed E-state index contributed by atoms with van der Waals surface area (Å²) in [5.74, 6) is 0.984. The van der Waals surface area contributed by atoms with Crippen LogP contribution in [0.4, 0.5) is 0 Å². The molecule has 2 N–H and O–H groups in total. The minimum Gasteiger partial charge on any atom is -0.330 e. The molecule has 0 saturated heterocycles. The van der Waals surface area contributed by atoms with E-state index in [-0.39, 0.29) is 0 Å². The Labute approximate surface area is 125 Å². The number of nitrogens with zero attached hydrogens (tertiary/aromatic N) is 2. The van der Waals surface area contributed by atoms with Crippen LogP contribution in [-0.2, 0) is 13.5 Å². The van der Waals surface area contributed by atoms with Crippen molar-refractivity contribution in [2.75, 3.05) is 6.54 Å². The molecule has 1 aromatic heterocycles. The van der Waals surface area contributed by atoms with Gasteiger partial charge in [-0.3, -0.25) is 0 Å². The molecule has 2 aromatic carbocycles. The molecule has 0 aliphatic rings. The monoisotopic (exact) mass is 277 g/mol. The lowest BCUT2D eigenvalue weighted by atomic mass is 10.1. The third-order valence-corrected chi connectivity index (χ3v) is 3.67. The first-order valence-electron chi connectivity index (χ1n) is 7.17. The Balaban J connectivity index is 2.16. The number of aromatic nitrogens is 2. The molecular formula is C18H19N3. The lowest BCUT2D eigenvalue weighted by Crippen LogP contribution is -2.08. The van der Waals surface area contributed by atoms with Gasteiger partial charge < -0.3 is 10.3 Å². The summed E-state index contributed by atoms with van der Waals surface area (Å²) in [5, 5.41) is 0. The van der Waals surface area contributed by atoms with Crippen molar-refractivity contribution in [2.45, 2.75) is 6.42 Å². The van der Waals surface area contributed by atoms with E-state index < -0.39 is 0 Å². The van der Waals surface area contributed by atoms with E-state index in [0.29, 0.717) is 6.54 Å². The fraction of sp³-hybridized carbons (Fsp3) is 0.167. The second-order valence-corrected chi connectivity index (χ2v) is 5.06. The number of benzene rings is 2. The normalized spacial score (nSPS) is 10.8. The molecule has 0 spiro atoms. The van der Waals surface area contributed by atoms with Crippen LogP contribution < -0.4 is 5.73 Å². The Bertz CT molecular complexity index is 715. The van der Waals surface area contributed by atoms with Gasteiger partial charge in [0, 0.05) is 30.3 Å². The van der Waals surface area contributed by atoms with Gasteiger partial charge in [-0.15, -0.1) is 0 Å². The summed E-state index contributed by atoms with van der Waals surface area (Å²) in [4.78, 5) is 4.88. The average molecular weight is 277 g/mol. The number of rotatable bonds is 4. The number of nitrogens with two attached hydrogens (primary N) is 1. The van der Waals surface area contributed by atoms with Crippen LogP contribution in [0.25, 0.3) is 22.6 Å². The molecule has 0 unspecified atom stereocenters. The first-order chi connectivity index (χ1) is 10.3. The van der Waals surface area contributed by atoms with Crippen molar-refractivity contribution in [1.82, 2.24) is 9.55 Å². The van der Waals surface area contributed by atoms with Gasteiger partial charge in [-0.05, 0) is 6.54 Å². The highest BCUT2D eigenvalue weighted by molar-refractivity contribution is 5.68. The van der Waals surface area contributed by atoms with Crippen LogP contribution >= 0.6 is 0 Å². The Morgan fingerprint density at radius 1 is 0.905 bits per heavy atom. The molecule has 0 aliphatic heterocycles. The summed E-state index contributed by atoms with van der Waals surface area (Å²) in [6.45, 7) is 0.619. The van der Waals surface area contributed by atoms with Crippen LogP contribution in [0.2, 0.25) is 0 Å². The Hall–Kier alpha value is -2.39. The summed E-state index contributed by atoms with van der Waals surface area (Å²) in [7, 11) is 2.06. The molecule has 0 fully saturated rings. The van der Waals surface area contributed by atoms with Gasteiger partial charge in [-0.25, -0.2) is 4.98 Å². The van der Waals surface area contributed by atoms with E-state index >= 15 is 0 Å². The number of hydrogen-bond acceptors (Lipinski definition) is 2. The number of imidazole rings is 1. The molecule has 0 radical (unpaired) electrons. The lowest BCUT2D eigenvalue weighted by molar-refractivity contribution is 0.812. The molecule has 3 heteroatoms. The first kappa shape index (κ1) is 13.6. The van der Waals surface area contributed by atoms with E-state index in [1.807, 2.05) is 36.4 Å². The second kappa shape index (κ2) is 5.94. The van der Waals surface area contributed by atoms with Gasteiger partial charge in [0.05, 0.1) is 5.69 Å². The second-order valence-electron chi connectivity index (χ2n) is 5.06. The van der Waals surface area contributed by atoms with E-state index in [1.165, 1.54) is 5.69 Å². The van der Waals surface area contributed by atoms with Crippen LogP contribution in [0.5, 0.6) is 0 Å².